The van der Waals surface area contributed by atoms with Crippen molar-refractivity contribution in [2.24, 2.45) is 0 Å². The molecule has 0 amide bonds. The molecule has 0 aliphatic heterocycles. The molecule has 2 aromatic heterocycles. The van der Waals surface area contributed by atoms with Gasteiger partial charge in [0, 0.05) is 21.9 Å². The van der Waals surface area contributed by atoms with Crippen molar-refractivity contribution in [3.8, 4) is 40.2 Å². The zero-order chi connectivity index (χ0) is 32.1. The maximum atomic E-state index is 6.63. The summed E-state index contributed by atoms with van der Waals surface area (Å²) in [7, 11) is 0. The third-order valence-electron chi connectivity index (χ3n) is 8.48. The third-order valence-corrected chi connectivity index (χ3v) is 8.48. The predicted octanol–water partition coefficient (Wildman–Crippen LogP) is 10.7. The average molecular weight is 603 g/mol. The van der Waals surface area contributed by atoms with Gasteiger partial charge in [-0.3, -0.25) is 0 Å². The number of para-hydroxylation sites is 2. The highest BCUT2D eigenvalue weighted by Crippen LogP contribution is 2.40. The highest BCUT2D eigenvalue weighted by atomic mass is 16.5. The van der Waals surface area contributed by atoms with Crippen molar-refractivity contribution in [2.75, 3.05) is 0 Å². The minimum Gasteiger partial charge on any atom is -0.422 e. The second-order valence-electron chi connectivity index (χ2n) is 13.9. The molecular weight excluding hydrogens is 564 g/mol. The number of nitrogens with zero attached hydrogens (tertiary/aromatic N) is 4. The summed E-state index contributed by atoms with van der Waals surface area (Å²) in [6.07, 6.45) is 0. The van der Waals surface area contributed by atoms with Crippen molar-refractivity contribution >= 4 is 21.8 Å². The minimum atomic E-state index is 0.0247. The smallest absolute Gasteiger partial charge is 0.326 e. The number of rotatable bonds is 5. The first-order valence-electron chi connectivity index (χ1n) is 15.8. The molecule has 0 atom stereocenters. The van der Waals surface area contributed by atoms with Crippen molar-refractivity contribution < 1.29 is 4.74 Å². The summed E-state index contributed by atoms with van der Waals surface area (Å²) in [6, 6.07) is 41.9. The quantitative estimate of drug-likeness (QED) is 0.197. The zero-order valence-electron chi connectivity index (χ0n) is 27.2. The Morgan fingerprint density at radius 2 is 0.957 bits per heavy atom. The fourth-order valence-electron chi connectivity index (χ4n) is 5.88. The van der Waals surface area contributed by atoms with Gasteiger partial charge in [-0.15, -0.1) is 0 Å². The van der Waals surface area contributed by atoms with Gasteiger partial charge in [0.2, 0.25) is 0 Å². The van der Waals surface area contributed by atoms with Gasteiger partial charge in [0.05, 0.1) is 16.7 Å². The van der Waals surface area contributed by atoms with E-state index in [2.05, 4.69) is 88.6 Å². The van der Waals surface area contributed by atoms with Gasteiger partial charge in [-0.25, -0.2) is 4.98 Å². The summed E-state index contributed by atoms with van der Waals surface area (Å²) in [6.45, 7) is 13.6. The van der Waals surface area contributed by atoms with Gasteiger partial charge in [0.1, 0.15) is 0 Å². The van der Waals surface area contributed by atoms with Gasteiger partial charge < -0.3 is 9.30 Å². The first-order valence-corrected chi connectivity index (χ1v) is 15.8. The summed E-state index contributed by atoms with van der Waals surface area (Å²) in [5.41, 5.74) is 7.60. The maximum Gasteiger partial charge on any atom is 0.326 e. The zero-order valence-corrected chi connectivity index (χ0v) is 27.2. The highest BCUT2D eigenvalue weighted by Gasteiger charge is 2.22. The molecule has 0 N–H and O–H groups in total. The Hall–Kier alpha value is -5.29. The molecule has 7 rings (SSSR count). The summed E-state index contributed by atoms with van der Waals surface area (Å²) in [5, 5.41) is 2.45. The van der Waals surface area contributed by atoms with Crippen LogP contribution in [0.2, 0.25) is 0 Å². The van der Waals surface area contributed by atoms with E-state index in [4.69, 9.17) is 19.7 Å². The van der Waals surface area contributed by atoms with E-state index in [1.54, 1.807) is 0 Å². The Bertz CT molecular complexity index is 2060. The summed E-state index contributed by atoms with van der Waals surface area (Å²) in [4.78, 5) is 14.4. The molecule has 0 saturated heterocycles. The third kappa shape index (κ3) is 5.54. The number of hydrogen-bond acceptors (Lipinski definition) is 4. The summed E-state index contributed by atoms with van der Waals surface area (Å²) >= 11 is 0. The Balaban J connectivity index is 1.42. The van der Waals surface area contributed by atoms with Crippen LogP contribution < -0.4 is 4.74 Å². The lowest BCUT2D eigenvalue weighted by Crippen LogP contribution is -2.10. The topological polar surface area (TPSA) is 52.8 Å². The Morgan fingerprint density at radius 3 is 1.43 bits per heavy atom. The number of ether oxygens (including phenoxy) is 1. The fourth-order valence-corrected chi connectivity index (χ4v) is 5.88. The Kier molecular flexibility index (Phi) is 7.20. The lowest BCUT2D eigenvalue weighted by Gasteiger charge is -2.19. The van der Waals surface area contributed by atoms with Crippen LogP contribution in [0.25, 0.3) is 50.3 Å². The van der Waals surface area contributed by atoms with Crippen LogP contribution >= 0.6 is 0 Å². The van der Waals surface area contributed by atoms with Crippen molar-refractivity contribution in [1.29, 1.82) is 0 Å². The second kappa shape index (κ2) is 11.3. The van der Waals surface area contributed by atoms with Gasteiger partial charge in [0.15, 0.2) is 17.4 Å². The first-order chi connectivity index (χ1) is 22.1. The minimum absolute atomic E-state index is 0.0247. The Labute approximate surface area is 270 Å². The number of benzene rings is 5. The van der Waals surface area contributed by atoms with Crippen LogP contribution in [0, 0.1) is 0 Å². The number of aromatic nitrogens is 4. The summed E-state index contributed by atoms with van der Waals surface area (Å²) < 4.78 is 8.93. The van der Waals surface area contributed by atoms with Gasteiger partial charge in [-0.2, -0.15) is 9.97 Å². The van der Waals surface area contributed by atoms with Crippen molar-refractivity contribution in [1.82, 2.24) is 19.5 Å². The fraction of sp³-hybridized carbons (Fsp3) is 0.195. The molecule has 0 aliphatic rings. The molecule has 0 aliphatic carbocycles. The standard InChI is InChI=1S/C41H38N4O/c1-40(2,3)29-21-23-33-31(25-29)32-26-30(41(4,5)6)22-24-34(32)45(33)35-19-13-14-20-36(35)46-39-43-37(27-15-9-7-10-16-27)42-38(44-39)28-17-11-8-12-18-28/h7-26H,1-6H3. The molecule has 0 bridgehead atoms. The first kappa shape index (κ1) is 29.4. The largest absolute Gasteiger partial charge is 0.422 e. The molecular formula is C41H38N4O. The molecule has 0 radical (unpaired) electrons. The second-order valence-corrected chi connectivity index (χ2v) is 13.9. The van der Waals surface area contributed by atoms with Crippen molar-refractivity contribution in [3.05, 3.63) is 132 Å². The normalized spacial score (nSPS) is 12.1. The molecule has 7 aromatic rings. The average Bonchev–Trinajstić information content (AvgIpc) is 3.38. The molecule has 5 heteroatoms. The highest BCUT2D eigenvalue weighted by molar-refractivity contribution is 6.10. The molecule has 0 saturated carbocycles. The molecule has 0 spiro atoms. The van der Waals surface area contributed by atoms with Gasteiger partial charge >= 0.3 is 6.01 Å². The van der Waals surface area contributed by atoms with E-state index in [0.717, 1.165) is 27.8 Å². The molecule has 46 heavy (non-hydrogen) atoms. The number of fused-ring (bicyclic) bond motifs is 3. The van der Waals surface area contributed by atoms with E-state index < -0.39 is 0 Å². The lowest BCUT2D eigenvalue weighted by atomic mass is 9.85. The van der Waals surface area contributed by atoms with E-state index in [9.17, 15) is 0 Å². The van der Waals surface area contributed by atoms with Gasteiger partial charge in [0.25, 0.3) is 0 Å². The molecule has 5 nitrogen and oxygen atoms in total. The van der Waals surface area contributed by atoms with Gasteiger partial charge in [-0.1, -0.05) is 126 Å². The summed E-state index contributed by atoms with van der Waals surface area (Å²) in [5.74, 6) is 1.77. The van der Waals surface area contributed by atoms with Gasteiger partial charge in [-0.05, 0) is 58.4 Å². The molecule has 0 unspecified atom stereocenters. The van der Waals surface area contributed by atoms with Crippen LogP contribution in [0.4, 0.5) is 0 Å². The van der Waals surface area contributed by atoms with Crippen LogP contribution in [0.3, 0.4) is 0 Å². The van der Waals surface area contributed by atoms with Crippen LogP contribution in [0.1, 0.15) is 52.7 Å². The van der Waals surface area contributed by atoms with Crippen molar-refractivity contribution in [3.63, 3.8) is 0 Å². The van der Waals surface area contributed by atoms with E-state index in [-0.39, 0.29) is 16.8 Å². The number of hydrogen-bond donors (Lipinski definition) is 0. The Morgan fingerprint density at radius 1 is 0.500 bits per heavy atom. The molecule has 5 aromatic carbocycles. The van der Waals surface area contributed by atoms with Crippen LogP contribution in [0.15, 0.2) is 121 Å². The predicted molar refractivity (Wildman–Crippen MR) is 189 cm³/mol. The van der Waals surface area contributed by atoms with Crippen LogP contribution in [-0.2, 0) is 10.8 Å². The van der Waals surface area contributed by atoms with Crippen molar-refractivity contribution in [2.45, 2.75) is 52.4 Å². The SMILES string of the molecule is CC(C)(C)c1ccc2c(c1)c1cc(C(C)(C)C)ccc1n2-c1ccccc1Oc1nc(-c2ccccc2)nc(-c2ccccc2)n1. The molecule has 2 heterocycles. The van der Waals surface area contributed by atoms with Crippen LogP contribution in [0.5, 0.6) is 11.8 Å². The van der Waals surface area contributed by atoms with E-state index in [1.807, 2.05) is 78.9 Å². The van der Waals surface area contributed by atoms with E-state index >= 15 is 0 Å². The molecule has 228 valence electrons. The lowest BCUT2D eigenvalue weighted by molar-refractivity contribution is 0.439. The van der Waals surface area contributed by atoms with E-state index in [1.165, 1.54) is 21.9 Å². The van der Waals surface area contributed by atoms with Crippen LogP contribution in [-0.4, -0.2) is 19.5 Å². The molecule has 0 fully saturated rings. The maximum absolute atomic E-state index is 6.63. The monoisotopic (exact) mass is 602 g/mol. The van der Waals surface area contributed by atoms with E-state index in [0.29, 0.717) is 17.4 Å².